The van der Waals surface area contributed by atoms with Crippen LogP contribution in [-0.2, 0) is 9.57 Å². The van der Waals surface area contributed by atoms with Crippen LogP contribution >= 0.6 is 0 Å². The number of benzene rings is 1. The third-order valence-corrected chi connectivity index (χ3v) is 3.54. The number of hydrogen-bond acceptors (Lipinski definition) is 5. The van der Waals surface area contributed by atoms with Gasteiger partial charge in [0.25, 0.3) is 0 Å². The highest BCUT2D eigenvalue weighted by Crippen LogP contribution is 2.36. The number of nitrogens with zero attached hydrogens (tertiary/aromatic N) is 2. The third-order valence-electron chi connectivity index (χ3n) is 3.54. The third kappa shape index (κ3) is 2.91. The number of oxime groups is 1. The van der Waals surface area contributed by atoms with Crippen molar-refractivity contribution in [1.82, 2.24) is 0 Å². The molecule has 0 radical (unpaired) electrons. The Hall–Kier alpha value is -2.06. The van der Waals surface area contributed by atoms with Crippen molar-refractivity contribution in [2.45, 2.75) is 31.5 Å². The minimum absolute atomic E-state index is 0.0132. The number of hydrogen-bond donors (Lipinski definition) is 0. The van der Waals surface area contributed by atoms with Gasteiger partial charge in [-0.05, 0) is 17.7 Å². The molecule has 0 saturated carbocycles. The molecule has 0 N–H and O–H groups in total. The van der Waals surface area contributed by atoms with Gasteiger partial charge in [0.1, 0.15) is 5.75 Å². The maximum absolute atomic E-state index is 8.92. The van der Waals surface area contributed by atoms with Crippen LogP contribution in [-0.4, -0.2) is 25.7 Å². The Labute approximate surface area is 118 Å². The molecule has 0 amide bonds. The SMILES string of the molecule is COc1ccc([C@H]2C[C@](C)(OC)ON=C2CC#N)cc1. The summed E-state index contributed by atoms with van der Waals surface area (Å²) in [6.45, 7) is 1.84. The van der Waals surface area contributed by atoms with Gasteiger partial charge >= 0.3 is 0 Å². The summed E-state index contributed by atoms with van der Waals surface area (Å²) < 4.78 is 10.5. The van der Waals surface area contributed by atoms with Gasteiger partial charge in [0.2, 0.25) is 5.79 Å². The summed E-state index contributed by atoms with van der Waals surface area (Å²) >= 11 is 0. The average Bonchev–Trinajstić information content (AvgIpc) is 2.49. The zero-order chi connectivity index (χ0) is 14.6. The molecule has 0 aromatic heterocycles. The van der Waals surface area contributed by atoms with Crippen molar-refractivity contribution in [1.29, 1.82) is 5.26 Å². The first-order valence-corrected chi connectivity index (χ1v) is 6.43. The van der Waals surface area contributed by atoms with E-state index in [-0.39, 0.29) is 12.3 Å². The highest BCUT2D eigenvalue weighted by atomic mass is 16.8. The first-order chi connectivity index (χ1) is 9.61. The molecule has 106 valence electrons. The molecule has 5 nitrogen and oxygen atoms in total. The van der Waals surface area contributed by atoms with Crippen LogP contribution in [0.2, 0.25) is 0 Å². The first kappa shape index (κ1) is 14.4. The van der Waals surface area contributed by atoms with Gasteiger partial charge in [-0.2, -0.15) is 5.26 Å². The van der Waals surface area contributed by atoms with Crippen LogP contribution in [0, 0.1) is 11.3 Å². The van der Waals surface area contributed by atoms with Crippen LogP contribution in [0.25, 0.3) is 0 Å². The molecule has 0 fully saturated rings. The molecule has 1 heterocycles. The summed E-state index contributed by atoms with van der Waals surface area (Å²) in [5.41, 5.74) is 1.80. The predicted molar refractivity (Wildman–Crippen MR) is 74.5 cm³/mol. The van der Waals surface area contributed by atoms with Crippen molar-refractivity contribution >= 4 is 5.71 Å². The zero-order valence-corrected chi connectivity index (χ0v) is 11.9. The lowest BCUT2D eigenvalue weighted by atomic mass is 9.86. The van der Waals surface area contributed by atoms with E-state index in [1.165, 1.54) is 0 Å². The van der Waals surface area contributed by atoms with Crippen molar-refractivity contribution in [3.8, 4) is 11.8 Å². The molecule has 5 heteroatoms. The van der Waals surface area contributed by atoms with Crippen molar-refractivity contribution < 1.29 is 14.3 Å². The fraction of sp³-hybridized carbons (Fsp3) is 0.467. The quantitative estimate of drug-likeness (QED) is 0.847. The molecule has 1 aromatic rings. The Bertz CT molecular complexity index is 533. The van der Waals surface area contributed by atoms with Gasteiger partial charge in [-0.25, -0.2) is 0 Å². The standard InChI is InChI=1S/C15H18N2O3/c1-15(19-3)10-13(14(8-9-16)17-20-15)11-4-6-12(18-2)7-5-11/h4-7,13H,8,10H2,1-3H3/t13-,15-/m1/s1. The molecule has 2 rings (SSSR count). The van der Waals surface area contributed by atoms with Gasteiger partial charge in [-0.15, -0.1) is 0 Å². The monoisotopic (exact) mass is 274 g/mol. The summed E-state index contributed by atoms with van der Waals surface area (Å²) in [6, 6.07) is 9.90. The normalized spacial score (nSPS) is 25.3. The lowest BCUT2D eigenvalue weighted by Crippen LogP contribution is -2.37. The van der Waals surface area contributed by atoms with E-state index in [0.717, 1.165) is 17.0 Å². The molecule has 2 atom stereocenters. The largest absolute Gasteiger partial charge is 0.497 e. The van der Waals surface area contributed by atoms with E-state index in [1.807, 2.05) is 31.2 Å². The Kier molecular flexibility index (Phi) is 4.26. The van der Waals surface area contributed by atoms with Gasteiger partial charge in [-0.3, -0.25) is 0 Å². The van der Waals surface area contributed by atoms with Crippen LogP contribution in [0.1, 0.15) is 31.2 Å². The summed E-state index contributed by atoms with van der Waals surface area (Å²) in [6.07, 6.45) is 0.868. The molecule has 0 bridgehead atoms. The summed E-state index contributed by atoms with van der Waals surface area (Å²) in [4.78, 5) is 5.37. The molecular weight excluding hydrogens is 256 g/mol. The van der Waals surface area contributed by atoms with Gasteiger partial charge in [0.05, 0.1) is 25.3 Å². The Morgan fingerprint density at radius 2 is 2.10 bits per heavy atom. The van der Waals surface area contributed by atoms with Crippen LogP contribution in [0.4, 0.5) is 0 Å². The Morgan fingerprint density at radius 3 is 2.65 bits per heavy atom. The second kappa shape index (κ2) is 5.93. The van der Waals surface area contributed by atoms with E-state index >= 15 is 0 Å². The van der Waals surface area contributed by atoms with Crippen molar-refractivity contribution in [3.63, 3.8) is 0 Å². The minimum atomic E-state index is -0.760. The van der Waals surface area contributed by atoms with Crippen LogP contribution in [0.5, 0.6) is 5.75 Å². The molecule has 0 unspecified atom stereocenters. The molecule has 1 aliphatic heterocycles. The number of rotatable bonds is 4. The first-order valence-electron chi connectivity index (χ1n) is 6.43. The maximum atomic E-state index is 8.92. The van der Waals surface area contributed by atoms with Gasteiger partial charge in [-0.1, -0.05) is 17.3 Å². The van der Waals surface area contributed by atoms with E-state index in [9.17, 15) is 0 Å². The number of nitriles is 1. The van der Waals surface area contributed by atoms with E-state index < -0.39 is 5.79 Å². The fourth-order valence-electron chi connectivity index (χ4n) is 2.25. The molecule has 1 aromatic carbocycles. The predicted octanol–water partition coefficient (Wildman–Crippen LogP) is 2.83. The smallest absolute Gasteiger partial charge is 0.234 e. The fourth-order valence-corrected chi connectivity index (χ4v) is 2.25. The van der Waals surface area contributed by atoms with Crippen LogP contribution < -0.4 is 4.74 Å². The molecule has 0 aliphatic carbocycles. The lowest BCUT2D eigenvalue weighted by molar-refractivity contribution is -0.221. The Morgan fingerprint density at radius 1 is 1.40 bits per heavy atom. The summed E-state index contributed by atoms with van der Waals surface area (Å²) in [5, 5.41) is 13.0. The molecular formula is C15H18N2O3. The average molecular weight is 274 g/mol. The summed E-state index contributed by atoms with van der Waals surface area (Å²) in [5.74, 6) is 0.0529. The lowest BCUT2D eigenvalue weighted by Gasteiger charge is -2.34. The van der Waals surface area contributed by atoms with Crippen LogP contribution in [0.15, 0.2) is 29.4 Å². The van der Waals surface area contributed by atoms with E-state index in [0.29, 0.717) is 6.42 Å². The molecule has 0 spiro atoms. The number of methoxy groups -OCH3 is 2. The minimum Gasteiger partial charge on any atom is -0.497 e. The number of ether oxygens (including phenoxy) is 2. The van der Waals surface area contributed by atoms with Gasteiger partial charge in [0, 0.05) is 26.4 Å². The second-order valence-corrected chi connectivity index (χ2v) is 4.88. The van der Waals surface area contributed by atoms with Crippen LogP contribution in [0.3, 0.4) is 0 Å². The van der Waals surface area contributed by atoms with E-state index in [2.05, 4.69) is 11.2 Å². The highest BCUT2D eigenvalue weighted by Gasteiger charge is 2.37. The molecule has 1 aliphatic rings. The second-order valence-electron chi connectivity index (χ2n) is 4.88. The van der Waals surface area contributed by atoms with Gasteiger partial charge in [0.15, 0.2) is 0 Å². The van der Waals surface area contributed by atoms with Crippen molar-refractivity contribution in [2.24, 2.45) is 5.16 Å². The topological polar surface area (TPSA) is 63.8 Å². The van der Waals surface area contributed by atoms with Crippen molar-refractivity contribution in [2.75, 3.05) is 14.2 Å². The molecule has 20 heavy (non-hydrogen) atoms. The highest BCUT2D eigenvalue weighted by molar-refractivity contribution is 5.92. The van der Waals surface area contributed by atoms with Crippen molar-refractivity contribution in [3.05, 3.63) is 29.8 Å². The van der Waals surface area contributed by atoms with Gasteiger partial charge < -0.3 is 14.3 Å². The molecule has 0 saturated heterocycles. The van der Waals surface area contributed by atoms with E-state index in [1.54, 1.807) is 14.2 Å². The maximum Gasteiger partial charge on any atom is 0.234 e. The van der Waals surface area contributed by atoms with E-state index in [4.69, 9.17) is 19.6 Å². The summed E-state index contributed by atoms with van der Waals surface area (Å²) in [7, 11) is 3.23. The Balaban J connectivity index is 2.31. The zero-order valence-electron chi connectivity index (χ0n) is 11.9.